The Balaban J connectivity index is 1.19. The fourth-order valence-corrected chi connectivity index (χ4v) is 4.80. The van der Waals surface area contributed by atoms with Crippen LogP contribution in [0, 0.1) is 0 Å². The number of nitrogens with one attached hydrogen (secondary N) is 1. The van der Waals surface area contributed by atoms with Crippen LogP contribution in [0.3, 0.4) is 0 Å². The monoisotopic (exact) mass is 435 g/mol. The Morgan fingerprint density at radius 3 is 2.56 bits per heavy atom. The van der Waals surface area contributed by atoms with Gasteiger partial charge < -0.3 is 25.0 Å². The number of rotatable bonds is 4. The Kier molecular flexibility index (Phi) is 5.74. The third-order valence-corrected chi connectivity index (χ3v) is 6.66. The minimum absolute atomic E-state index is 0.00923. The third-order valence-electron chi connectivity index (χ3n) is 6.66. The molecule has 5 rings (SSSR count). The maximum Gasteiger partial charge on any atom is 0.253 e. The van der Waals surface area contributed by atoms with E-state index in [4.69, 9.17) is 4.74 Å². The van der Waals surface area contributed by atoms with Gasteiger partial charge in [-0.3, -0.25) is 9.59 Å². The Morgan fingerprint density at radius 1 is 1.03 bits per heavy atom. The van der Waals surface area contributed by atoms with Crippen LogP contribution in [0.5, 0.6) is 5.75 Å². The molecule has 168 valence electrons. The van der Waals surface area contributed by atoms with Crippen LogP contribution in [-0.4, -0.2) is 60.2 Å². The van der Waals surface area contributed by atoms with Crippen molar-refractivity contribution in [3.63, 3.8) is 0 Å². The second kappa shape index (κ2) is 8.82. The van der Waals surface area contributed by atoms with E-state index in [1.54, 1.807) is 4.90 Å². The molecule has 0 aliphatic carbocycles. The van der Waals surface area contributed by atoms with Crippen molar-refractivity contribution in [1.29, 1.82) is 0 Å². The summed E-state index contributed by atoms with van der Waals surface area (Å²) in [6, 6.07) is 13.4. The van der Waals surface area contributed by atoms with Gasteiger partial charge in [-0.1, -0.05) is 6.07 Å². The molecule has 32 heavy (non-hydrogen) atoms. The van der Waals surface area contributed by atoms with Gasteiger partial charge in [-0.15, -0.1) is 0 Å². The van der Waals surface area contributed by atoms with Crippen LogP contribution in [-0.2, 0) is 11.2 Å². The molecule has 0 spiro atoms. The molecule has 7 heteroatoms. The summed E-state index contributed by atoms with van der Waals surface area (Å²) < 4.78 is 6.03. The molecule has 0 unspecified atom stereocenters. The molecule has 2 aromatic carbocycles. The van der Waals surface area contributed by atoms with Crippen LogP contribution in [0.25, 0.3) is 0 Å². The maximum atomic E-state index is 13.0. The number of aryl methyl sites for hydroxylation is 1. The number of likely N-dealkylation sites (tertiary alicyclic amines) is 1. The average Bonchev–Trinajstić information content (AvgIpc) is 3.35. The summed E-state index contributed by atoms with van der Waals surface area (Å²) in [5.41, 5.74) is 3.67. The molecule has 0 radical (unpaired) electrons. The normalized spacial score (nSPS) is 23.0. The van der Waals surface area contributed by atoms with Gasteiger partial charge in [-0.05, 0) is 55.2 Å². The molecular weight excluding hydrogens is 406 g/mol. The van der Waals surface area contributed by atoms with Gasteiger partial charge >= 0.3 is 0 Å². The van der Waals surface area contributed by atoms with E-state index in [0.717, 1.165) is 36.4 Å². The summed E-state index contributed by atoms with van der Waals surface area (Å²) in [5.74, 6) is 0.564. The Bertz CT molecular complexity index is 1000. The van der Waals surface area contributed by atoms with Crippen molar-refractivity contribution in [2.75, 3.05) is 36.4 Å². The van der Waals surface area contributed by atoms with Crippen molar-refractivity contribution in [3.05, 3.63) is 53.6 Å². The van der Waals surface area contributed by atoms with Crippen molar-refractivity contribution < 1.29 is 19.4 Å². The summed E-state index contributed by atoms with van der Waals surface area (Å²) in [5, 5.41) is 13.5. The van der Waals surface area contributed by atoms with Crippen LogP contribution >= 0.6 is 0 Å². The molecule has 3 heterocycles. The quantitative estimate of drug-likeness (QED) is 0.772. The van der Waals surface area contributed by atoms with Crippen molar-refractivity contribution in [2.24, 2.45) is 0 Å². The van der Waals surface area contributed by atoms with Crippen LogP contribution in [0.2, 0.25) is 0 Å². The van der Waals surface area contributed by atoms with Gasteiger partial charge in [0.25, 0.3) is 5.91 Å². The first-order valence-electron chi connectivity index (χ1n) is 11.5. The summed E-state index contributed by atoms with van der Waals surface area (Å²) >= 11 is 0. The zero-order chi connectivity index (χ0) is 22.1. The molecule has 0 bridgehead atoms. The number of ether oxygens (including phenoxy) is 1. The predicted octanol–water partition coefficient (Wildman–Crippen LogP) is 2.83. The average molecular weight is 436 g/mol. The minimum atomic E-state index is -0.776. The number of carbonyl (C=O) groups excluding carboxylic acids is 2. The molecule has 2 amide bonds. The largest absolute Gasteiger partial charge is 0.488 e. The van der Waals surface area contributed by atoms with E-state index in [0.29, 0.717) is 30.7 Å². The number of β-amino-alcohol motifs (C(OH)–C–C–N with tert-alkyl or cyclic N) is 1. The Labute approximate surface area is 188 Å². The Hall–Kier alpha value is -3.06. The van der Waals surface area contributed by atoms with Crippen LogP contribution in [0.4, 0.5) is 11.4 Å². The SMILES string of the molecule is O=C1CCc2ccc(O[C@@H]3CCN(C(=O)c4ccc(N5CCCC5)cc4)C[C@H]3O)cc2N1. The number of carbonyl (C=O) groups is 2. The second-order valence-electron chi connectivity index (χ2n) is 8.87. The first-order valence-corrected chi connectivity index (χ1v) is 11.5. The van der Waals surface area contributed by atoms with Crippen molar-refractivity contribution in [1.82, 2.24) is 4.90 Å². The second-order valence-corrected chi connectivity index (χ2v) is 8.87. The molecule has 2 atom stereocenters. The smallest absolute Gasteiger partial charge is 0.253 e. The highest BCUT2D eigenvalue weighted by molar-refractivity contribution is 5.95. The third kappa shape index (κ3) is 4.30. The van der Waals surface area contributed by atoms with Crippen molar-refractivity contribution >= 4 is 23.2 Å². The first-order chi connectivity index (χ1) is 15.6. The summed E-state index contributed by atoms with van der Waals surface area (Å²) in [6.07, 6.45) is 3.03. The van der Waals surface area contributed by atoms with Gasteiger partial charge in [0.15, 0.2) is 0 Å². The number of benzene rings is 2. The minimum Gasteiger partial charge on any atom is -0.488 e. The number of anilines is 2. The standard InChI is InChI=1S/C25H29N3O4/c29-22-16-28(25(31)18-3-7-19(8-4-18)27-12-1-2-13-27)14-11-23(22)32-20-9-5-17-6-10-24(30)26-21(17)15-20/h3-5,7-9,15,22-23,29H,1-2,6,10-14,16H2,(H,26,30)/t22-,23-/m1/s1. The first kappa shape index (κ1) is 20.8. The van der Waals surface area contributed by atoms with E-state index >= 15 is 0 Å². The Morgan fingerprint density at radius 2 is 1.81 bits per heavy atom. The molecule has 3 aliphatic heterocycles. The van der Waals surface area contributed by atoms with Gasteiger partial charge in [0.2, 0.25) is 5.91 Å². The summed E-state index contributed by atoms with van der Waals surface area (Å²) in [4.78, 5) is 28.6. The van der Waals surface area contributed by atoms with Crippen LogP contribution in [0.1, 0.15) is 41.6 Å². The number of piperidine rings is 1. The van der Waals surface area contributed by atoms with Gasteiger partial charge in [-0.25, -0.2) is 0 Å². The molecule has 2 N–H and O–H groups in total. The van der Waals surface area contributed by atoms with E-state index in [1.165, 1.54) is 12.8 Å². The van der Waals surface area contributed by atoms with Crippen molar-refractivity contribution in [3.8, 4) is 5.75 Å². The molecule has 2 saturated heterocycles. The number of aliphatic hydroxyl groups is 1. The molecular formula is C25H29N3O4. The van der Waals surface area contributed by atoms with Gasteiger partial charge in [0.1, 0.15) is 18.0 Å². The molecule has 0 aromatic heterocycles. The number of aliphatic hydroxyl groups excluding tert-OH is 1. The number of nitrogens with zero attached hydrogens (tertiary/aromatic N) is 2. The lowest BCUT2D eigenvalue weighted by Crippen LogP contribution is -2.51. The number of fused-ring (bicyclic) bond motifs is 1. The molecule has 7 nitrogen and oxygen atoms in total. The van der Waals surface area contributed by atoms with Crippen molar-refractivity contribution in [2.45, 2.75) is 44.3 Å². The fourth-order valence-electron chi connectivity index (χ4n) is 4.80. The molecule has 2 aromatic rings. The maximum absolute atomic E-state index is 13.0. The number of hydrogen-bond donors (Lipinski definition) is 2. The number of amides is 2. The lowest BCUT2D eigenvalue weighted by Gasteiger charge is -2.36. The van der Waals surface area contributed by atoms with Gasteiger partial charge in [0, 0.05) is 55.5 Å². The molecule has 3 aliphatic rings. The van der Waals surface area contributed by atoms with E-state index in [1.807, 2.05) is 42.5 Å². The molecule has 2 fully saturated rings. The lowest BCUT2D eigenvalue weighted by molar-refractivity contribution is -0.116. The zero-order valence-electron chi connectivity index (χ0n) is 18.1. The lowest BCUT2D eigenvalue weighted by atomic mass is 10.0. The number of hydrogen-bond acceptors (Lipinski definition) is 5. The summed E-state index contributed by atoms with van der Waals surface area (Å²) in [6.45, 7) is 2.91. The van der Waals surface area contributed by atoms with E-state index < -0.39 is 12.2 Å². The molecule has 0 saturated carbocycles. The summed E-state index contributed by atoms with van der Waals surface area (Å²) in [7, 11) is 0. The van der Waals surface area contributed by atoms with Gasteiger partial charge in [0.05, 0.1) is 6.54 Å². The van der Waals surface area contributed by atoms with Gasteiger partial charge in [-0.2, -0.15) is 0 Å². The highest BCUT2D eigenvalue weighted by Gasteiger charge is 2.32. The topological polar surface area (TPSA) is 82.1 Å². The fraction of sp³-hybridized carbons (Fsp3) is 0.440. The zero-order valence-corrected chi connectivity index (χ0v) is 18.1. The highest BCUT2D eigenvalue weighted by atomic mass is 16.5. The van der Waals surface area contributed by atoms with E-state index in [-0.39, 0.29) is 18.4 Å². The highest BCUT2D eigenvalue weighted by Crippen LogP contribution is 2.29. The van der Waals surface area contributed by atoms with Crippen LogP contribution < -0.4 is 15.0 Å². The predicted molar refractivity (Wildman–Crippen MR) is 122 cm³/mol. The van der Waals surface area contributed by atoms with E-state index in [9.17, 15) is 14.7 Å². The van der Waals surface area contributed by atoms with Crippen LogP contribution in [0.15, 0.2) is 42.5 Å². The van der Waals surface area contributed by atoms with E-state index in [2.05, 4.69) is 10.2 Å².